The largest absolute Gasteiger partial charge is 0.378 e. The Balaban J connectivity index is 1.50. The first-order valence-corrected chi connectivity index (χ1v) is 10.0. The Hall–Kier alpha value is -3.12. The van der Waals surface area contributed by atoms with E-state index in [0.717, 1.165) is 55.7 Å². The lowest BCUT2D eigenvalue weighted by Crippen LogP contribution is -2.36. The van der Waals surface area contributed by atoms with Gasteiger partial charge in [-0.3, -0.25) is 0 Å². The Morgan fingerprint density at radius 3 is 2.52 bits per heavy atom. The Labute approximate surface area is 172 Å². The molecule has 0 spiro atoms. The maximum absolute atomic E-state index is 5.49. The van der Waals surface area contributed by atoms with E-state index in [9.17, 15) is 0 Å². The summed E-state index contributed by atoms with van der Waals surface area (Å²) in [5.41, 5.74) is 5.55. The van der Waals surface area contributed by atoms with Crippen molar-refractivity contribution in [3.63, 3.8) is 0 Å². The summed E-state index contributed by atoms with van der Waals surface area (Å²) in [4.78, 5) is 11.6. The normalized spacial score (nSPS) is 13.9. The molecule has 6 nitrogen and oxygen atoms in total. The van der Waals surface area contributed by atoms with E-state index in [2.05, 4.69) is 74.9 Å². The molecule has 0 aliphatic carbocycles. The van der Waals surface area contributed by atoms with Crippen LogP contribution in [0.5, 0.6) is 0 Å². The van der Waals surface area contributed by atoms with Gasteiger partial charge in [0.1, 0.15) is 5.82 Å². The summed E-state index contributed by atoms with van der Waals surface area (Å²) in [5, 5.41) is 6.82. The average molecular weight is 390 g/mol. The number of para-hydroxylation sites is 2. The topological polar surface area (TPSA) is 62.3 Å². The third kappa shape index (κ3) is 5.03. The summed E-state index contributed by atoms with van der Waals surface area (Å²) in [6.45, 7) is 8.08. The predicted octanol–water partition coefficient (Wildman–Crippen LogP) is 4.29. The van der Waals surface area contributed by atoms with E-state index in [1.54, 1.807) is 0 Å². The minimum absolute atomic E-state index is 0.595. The molecule has 1 aromatic heterocycles. The van der Waals surface area contributed by atoms with Gasteiger partial charge in [-0.15, -0.1) is 0 Å². The number of ether oxygens (including phenoxy) is 1. The fourth-order valence-corrected chi connectivity index (χ4v) is 3.39. The molecule has 1 fully saturated rings. The SMILES string of the molecule is Cc1ccc(CNc2cc(C)nc(Nc3ccccc3N3CCOCC3)n2)cc1. The molecule has 29 heavy (non-hydrogen) atoms. The van der Waals surface area contributed by atoms with Gasteiger partial charge in [0, 0.05) is 31.4 Å². The first kappa shape index (κ1) is 19.2. The van der Waals surface area contributed by atoms with Gasteiger partial charge in [0.25, 0.3) is 0 Å². The summed E-state index contributed by atoms with van der Waals surface area (Å²) < 4.78 is 5.49. The van der Waals surface area contributed by atoms with E-state index in [-0.39, 0.29) is 0 Å². The molecule has 2 aromatic carbocycles. The van der Waals surface area contributed by atoms with Gasteiger partial charge in [-0.05, 0) is 31.5 Å². The molecule has 6 heteroatoms. The number of aromatic nitrogens is 2. The minimum atomic E-state index is 0.595. The molecule has 150 valence electrons. The zero-order chi connectivity index (χ0) is 20.1. The van der Waals surface area contributed by atoms with E-state index in [4.69, 9.17) is 4.74 Å². The lowest BCUT2D eigenvalue weighted by Gasteiger charge is -2.30. The molecule has 3 aromatic rings. The van der Waals surface area contributed by atoms with Crippen molar-refractivity contribution in [2.45, 2.75) is 20.4 Å². The third-order valence-electron chi connectivity index (χ3n) is 4.95. The number of nitrogens with zero attached hydrogens (tertiary/aromatic N) is 3. The van der Waals surface area contributed by atoms with Crippen molar-refractivity contribution in [2.75, 3.05) is 41.8 Å². The standard InChI is InChI=1S/C23H27N5O/c1-17-7-9-19(10-8-17)16-24-22-15-18(2)25-23(27-22)26-20-5-3-4-6-21(20)28-11-13-29-14-12-28/h3-10,15H,11-14,16H2,1-2H3,(H2,24,25,26,27). The quantitative estimate of drug-likeness (QED) is 0.656. The summed E-state index contributed by atoms with van der Waals surface area (Å²) in [7, 11) is 0. The number of hydrogen-bond donors (Lipinski definition) is 2. The van der Waals surface area contributed by atoms with Crippen molar-refractivity contribution in [2.24, 2.45) is 0 Å². The van der Waals surface area contributed by atoms with Crippen LogP contribution in [0.1, 0.15) is 16.8 Å². The summed E-state index contributed by atoms with van der Waals surface area (Å²) in [6, 6.07) is 18.8. The van der Waals surface area contributed by atoms with E-state index >= 15 is 0 Å². The van der Waals surface area contributed by atoms with E-state index in [1.165, 1.54) is 11.1 Å². The van der Waals surface area contributed by atoms with Crippen molar-refractivity contribution in [1.29, 1.82) is 0 Å². The monoisotopic (exact) mass is 389 g/mol. The Kier molecular flexibility index (Phi) is 5.91. The molecule has 4 rings (SSSR count). The Morgan fingerprint density at radius 1 is 0.966 bits per heavy atom. The molecule has 1 aliphatic heterocycles. The lowest BCUT2D eigenvalue weighted by molar-refractivity contribution is 0.123. The zero-order valence-electron chi connectivity index (χ0n) is 17.0. The average Bonchev–Trinajstić information content (AvgIpc) is 2.74. The highest BCUT2D eigenvalue weighted by Gasteiger charge is 2.15. The van der Waals surface area contributed by atoms with Gasteiger partial charge >= 0.3 is 0 Å². The second-order valence-electron chi connectivity index (χ2n) is 7.30. The number of benzene rings is 2. The van der Waals surface area contributed by atoms with Gasteiger partial charge in [0.05, 0.1) is 24.6 Å². The van der Waals surface area contributed by atoms with Crippen molar-refractivity contribution >= 4 is 23.1 Å². The molecule has 2 heterocycles. The molecule has 1 aliphatic rings. The zero-order valence-corrected chi connectivity index (χ0v) is 17.0. The summed E-state index contributed by atoms with van der Waals surface area (Å²) in [6.07, 6.45) is 0. The molecule has 0 unspecified atom stereocenters. The molecule has 0 bridgehead atoms. The van der Waals surface area contributed by atoms with Crippen LogP contribution in [0, 0.1) is 13.8 Å². The van der Waals surface area contributed by atoms with Crippen molar-refractivity contribution in [3.05, 3.63) is 71.4 Å². The van der Waals surface area contributed by atoms with Crippen LogP contribution in [0.25, 0.3) is 0 Å². The molecular weight excluding hydrogens is 362 g/mol. The van der Waals surface area contributed by atoms with Crippen LogP contribution in [-0.4, -0.2) is 36.3 Å². The number of morpholine rings is 1. The van der Waals surface area contributed by atoms with E-state index < -0.39 is 0 Å². The first-order valence-electron chi connectivity index (χ1n) is 10.0. The number of rotatable bonds is 6. The van der Waals surface area contributed by atoms with Crippen LogP contribution in [0.4, 0.5) is 23.1 Å². The van der Waals surface area contributed by atoms with E-state index in [1.807, 2.05) is 19.1 Å². The lowest BCUT2D eigenvalue weighted by atomic mass is 10.1. The summed E-state index contributed by atoms with van der Waals surface area (Å²) in [5.74, 6) is 1.40. The minimum Gasteiger partial charge on any atom is -0.378 e. The fraction of sp³-hybridized carbons (Fsp3) is 0.304. The molecule has 0 radical (unpaired) electrons. The van der Waals surface area contributed by atoms with Crippen molar-refractivity contribution in [3.8, 4) is 0 Å². The van der Waals surface area contributed by atoms with Gasteiger partial charge in [0.2, 0.25) is 5.95 Å². The smallest absolute Gasteiger partial charge is 0.229 e. The molecule has 0 atom stereocenters. The van der Waals surface area contributed by atoms with Crippen LogP contribution < -0.4 is 15.5 Å². The van der Waals surface area contributed by atoms with Gasteiger partial charge < -0.3 is 20.3 Å². The van der Waals surface area contributed by atoms with Crippen molar-refractivity contribution in [1.82, 2.24) is 9.97 Å². The number of anilines is 4. The maximum Gasteiger partial charge on any atom is 0.229 e. The highest BCUT2D eigenvalue weighted by Crippen LogP contribution is 2.28. The van der Waals surface area contributed by atoms with Crippen LogP contribution in [0.15, 0.2) is 54.6 Å². The van der Waals surface area contributed by atoms with Crippen LogP contribution in [0.3, 0.4) is 0 Å². The number of nitrogens with one attached hydrogen (secondary N) is 2. The van der Waals surface area contributed by atoms with Crippen molar-refractivity contribution < 1.29 is 4.74 Å². The molecule has 2 N–H and O–H groups in total. The maximum atomic E-state index is 5.49. The molecule has 0 saturated carbocycles. The summed E-state index contributed by atoms with van der Waals surface area (Å²) >= 11 is 0. The Bertz CT molecular complexity index is 952. The second kappa shape index (κ2) is 8.92. The highest BCUT2D eigenvalue weighted by atomic mass is 16.5. The third-order valence-corrected chi connectivity index (χ3v) is 4.95. The molecule has 1 saturated heterocycles. The van der Waals surface area contributed by atoms with Crippen LogP contribution in [-0.2, 0) is 11.3 Å². The predicted molar refractivity (Wildman–Crippen MR) is 118 cm³/mol. The number of aryl methyl sites for hydroxylation is 2. The van der Waals surface area contributed by atoms with Gasteiger partial charge in [0.15, 0.2) is 0 Å². The highest BCUT2D eigenvalue weighted by molar-refractivity contribution is 5.73. The first-order chi connectivity index (χ1) is 14.2. The molecular formula is C23H27N5O. The van der Waals surface area contributed by atoms with Gasteiger partial charge in [-0.1, -0.05) is 42.0 Å². The van der Waals surface area contributed by atoms with E-state index in [0.29, 0.717) is 5.95 Å². The van der Waals surface area contributed by atoms with Gasteiger partial charge in [-0.2, -0.15) is 4.98 Å². The van der Waals surface area contributed by atoms with Crippen LogP contribution >= 0.6 is 0 Å². The van der Waals surface area contributed by atoms with Gasteiger partial charge in [-0.25, -0.2) is 4.98 Å². The number of hydrogen-bond acceptors (Lipinski definition) is 6. The van der Waals surface area contributed by atoms with Crippen LogP contribution in [0.2, 0.25) is 0 Å². The Morgan fingerprint density at radius 2 is 1.72 bits per heavy atom. The second-order valence-corrected chi connectivity index (χ2v) is 7.30. The fourth-order valence-electron chi connectivity index (χ4n) is 3.39. The molecule has 0 amide bonds.